The number of Topliss-reactive ketones (excluding diaryl/α,β-unsaturated/α-hetero) is 1. The lowest BCUT2D eigenvalue weighted by Gasteiger charge is -2.17. The molecule has 3 N–H and O–H groups in total. The van der Waals surface area contributed by atoms with Crippen LogP contribution < -0.4 is 16.1 Å². The number of phenolic OH excluding ortho intramolecular Hbond substituents is 1. The molecule has 0 aliphatic carbocycles. The van der Waals surface area contributed by atoms with Crippen molar-refractivity contribution >= 4 is 43.9 Å². The van der Waals surface area contributed by atoms with Crippen molar-refractivity contribution in [2.24, 2.45) is 4.99 Å². The molecule has 1 aromatic heterocycles. The van der Waals surface area contributed by atoms with Gasteiger partial charge in [0.1, 0.15) is 5.75 Å². The van der Waals surface area contributed by atoms with Gasteiger partial charge in [0.2, 0.25) is 0 Å². The molecule has 0 aliphatic heterocycles. The van der Waals surface area contributed by atoms with Crippen LogP contribution in [0.5, 0.6) is 5.75 Å². The first-order valence-electron chi connectivity index (χ1n) is 12.5. The number of benzene rings is 1. The van der Waals surface area contributed by atoms with Crippen LogP contribution in [0.2, 0.25) is 0 Å². The molecular weight excluding hydrogens is 504 g/mol. The van der Waals surface area contributed by atoms with E-state index in [1.54, 1.807) is 38.2 Å². The predicted molar refractivity (Wildman–Crippen MR) is 155 cm³/mol. The van der Waals surface area contributed by atoms with Gasteiger partial charge in [-0.1, -0.05) is 45.6 Å². The van der Waals surface area contributed by atoms with Crippen LogP contribution in [0.3, 0.4) is 0 Å². The van der Waals surface area contributed by atoms with E-state index in [1.165, 1.54) is 6.92 Å². The van der Waals surface area contributed by atoms with E-state index in [0.29, 0.717) is 29.7 Å². The van der Waals surface area contributed by atoms with Gasteiger partial charge in [0.15, 0.2) is 5.78 Å². The lowest BCUT2D eigenvalue weighted by Crippen LogP contribution is -2.33. The Balaban J connectivity index is 3.45. The Kier molecular flexibility index (Phi) is 10.3. The van der Waals surface area contributed by atoms with E-state index >= 15 is 0 Å². The molecule has 0 atom stereocenters. The van der Waals surface area contributed by atoms with Gasteiger partial charge in [-0.15, -0.1) is 6.58 Å². The van der Waals surface area contributed by atoms with Gasteiger partial charge in [-0.25, -0.2) is 0 Å². The number of allylic oxidation sites excluding steroid dienone is 5. The number of nitrogens with one attached hydrogen (secondary N) is 1. The van der Waals surface area contributed by atoms with E-state index in [9.17, 15) is 27.7 Å². The van der Waals surface area contributed by atoms with Crippen LogP contribution in [0.25, 0.3) is 22.3 Å². The molecule has 0 amide bonds. The van der Waals surface area contributed by atoms with Crippen molar-refractivity contribution in [3.63, 3.8) is 0 Å². The summed E-state index contributed by atoms with van der Waals surface area (Å²) < 4.78 is 34.8. The summed E-state index contributed by atoms with van der Waals surface area (Å²) in [6.45, 7) is 16.5. The summed E-state index contributed by atoms with van der Waals surface area (Å²) in [6, 6.07) is 0. The van der Waals surface area contributed by atoms with Gasteiger partial charge in [0.25, 0.3) is 15.7 Å². The van der Waals surface area contributed by atoms with Crippen LogP contribution in [0, 0.1) is 0 Å². The van der Waals surface area contributed by atoms with Crippen LogP contribution in [0.1, 0.15) is 75.4 Å². The Morgan fingerprint density at radius 2 is 1.79 bits per heavy atom. The third kappa shape index (κ3) is 6.11. The monoisotopic (exact) mass is 540 g/mol. The van der Waals surface area contributed by atoms with Gasteiger partial charge < -0.3 is 10.1 Å². The number of pyridine rings is 1. The van der Waals surface area contributed by atoms with Gasteiger partial charge in [0, 0.05) is 27.6 Å². The van der Waals surface area contributed by atoms with Crippen molar-refractivity contribution in [1.82, 2.24) is 4.98 Å². The third-order valence-corrected chi connectivity index (χ3v) is 7.38. The molecule has 8 nitrogen and oxygen atoms in total. The first kappa shape index (κ1) is 30.7. The molecule has 0 radical (unpaired) electrons. The minimum absolute atomic E-state index is 0.0937. The molecule has 2 aromatic rings. The summed E-state index contributed by atoms with van der Waals surface area (Å²) in [5.74, 6) is -0.714. The summed E-state index contributed by atoms with van der Waals surface area (Å²) in [4.78, 5) is 33.8. The van der Waals surface area contributed by atoms with Crippen molar-refractivity contribution < 1.29 is 22.9 Å². The summed E-state index contributed by atoms with van der Waals surface area (Å²) in [5, 5.41) is 11.6. The molecule has 38 heavy (non-hydrogen) atoms. The molecule has 0 bridgehead atoms. The number of phenols is 1. The minimum atomic E-state index is -4.76. The summed E-state index contributed by atoms with van der Waals surface area (Å²) in [5.41, 5.74) is 0.571. The maximum Gasteiger partial charge on any atom is 0.292 e. The second kappa shape index (κ2) is 12.8. The highest BCUT2D eigenvalue weighted by Crippen LogP contribution is 2.30. The standard InChI is InChI=1S/C29H36N2O6S/c1-8-13-17(6)30-16-21-24-23(18(7)20(15-10-3)28(21)33)25(27(32)19(11-4)14-9-2)29(34)31-26(24)22(12-5)38(35,36)37/h8,10,13-14,33H,3,7,9,11-12,15-16H2,1-2,4-6H3,(H,31,34)(H,35,36,37)/b13-8-,19-14+,26-22-,30-17?. The summed E-state index contributed by atoms with van der Waals surface area (Å²) in [6.07, 6.45) is 7.82. The smallest absolute Gasteiger partial charge is 0.292 e. The van der Waals surface area contributed by atoms with Crippen LogP contribution in [0.15, 0.2) is 46.2 Å². The Hall–Kier alpha value is -3.56. The molecule has 0 fully saturated rings. The topological polar surface area (TPSA) is 137 Å². The molecular formula is C29H36N2O6S. The third-order valence-electron chi connectivity index (χ3n) is 6.26. The maximum atomic E-state index is 13.7. The summed E-state index contributed by atoms with van der Waals surface area (Å²) >= 11 is 0. The fourth-order valence-corrected chi connectivity index (χ4v) is 5.31. The Morgan fingerprint density at radius 1 is 1.13 bits per heavy atom. The zero-order chi connectivity index (χ0) is 28.8. The number of aromatic amines is 1. The van der Waals surface area contributed by atoms with Gasteiger partial charge >= 0.3 is 0 Å². The largest absolute Gasteiger partial charge is 0.507 e. The van der Waals surface area contributed by atoms with E-state index in [-0.39, 0.29) is 57.6 Å². The van der Waals surface area contributed by atoms with E-state index < -0.39 is 26.4 Å². The molecule has 0 saturated heterocycles. The zero-order valence-electron chi connectivity index (χ0n) is 22.6. The number of aliphatic imine (C=N–C) groups is 1. The maximum absolute atomic E-state index is 13.7. The van der Waals surface area contributed by atoms with Crippen molar-refractivity contribution in [3.8, 4) is 5.75 Å². The highest BCUT2D eigenvalue weighted by atomic mass is 32.2. The minimum Gasteiger partial charge on any atom is -0.507 e. The van der Waals surface area contributed by atoms with E-state index in [0.717, 1.165) is 0 Å². The normalized spacial score (nSPS) is 13.8. The van der Waals surface area contributed by atoms with Crippen LogP contribution >= 0.6 is 0 Å². The fourth-order valence-electron chi connectivity index (χ4n) is 4.53. The first-order chi connectivity index (χ1) is 17.9. The molecule has 0 spiro atoms. The number of ketones is 1. The molecule has 1 heterocycles. The number of rotatable bonds is 11. The average Bonchev–Trinajstić information content (AvgIpc) is 2.84. The average molecular weight is 541 g/mol. The number of hydrogen-bond donors (Lipinski definition) is 3. The summed E-state index contributed by atoms with van der Waals surface area (Å²) in [7, 11) is -4.76. The van der Waals surface area contributed by atoms with Crippen molar-refractivity contribution in [2.75, 3.05) is 0 Å². The SMILES string of the molecule is C=CCc1c(O)c(CN=C(C)/C=C\C)c2/c(=C(\CC)S(=O)(=O)O)[nH]c(=O)c(C(=O)/C(=C/CC)CC)c2c1=C. The Bertz CT molecular complexity index is 1640. The number of H-pyrrole nitrogens is 1. The Morgan fingerprint density at radius 3 is 2.29 bits per heavy atom. The van der Waals surface area contributed by atoms with E-state index in [4.69, 9.17) is 0 Å². The highest BCUT2D eigenvalue weighted by Gasteiger charge is 2.26. The molecule has 0 saturated carbocycles. The second-order valence-corrected chi connectivity index (χ2v) is 10.2. The molecule has 2 rings (SSSR count). The molecule has 0 aliphatic rings. The van der Waals surface area contributed by atoms with Crippen LogP contribution in [-0.2, 0) is 23.1 Å². The lowest BCUT2D eigenvalue weighted by molar-refractivity contribution is 0.103. The number of carbonyl (C=O) groups is 1. The number of aromatic nitrogens is 1. The van der Waals surface area contributed by atoms with E-state index in [1.807, 2.05) is 13.8 Å². The fraction of sp³-hybridized carbons (Fsp3) is 0.345. The number of hydrogen-bond acceptors (Lipinski definition) is 6. The van der Waals surface area contributed by atoms with Crippen LogP contribution in [-0.4, -0.2) is 34.6 Å². The lowest BCUT2D eigenvalue weighted by atomic mass is 9.90. The van der Waals surface area contributed by atoms with E-state index in [2.05, 4.69) is 23.1 Å². The van der Waals surface area contributed by atoms with Crippen molar-refractivity contribution in [2.45, 2.75) is 66.8 Å². The van der Waals surface area contributed by atoms with Gasteiger partial charge in [-0.2, -0.15) is 8.42 Å². The van der Waals surface area contributed by atoms with Gasteiger partial charge in [-0.3, -0.25) is 19.1 Å². The second-order valence-electron chi connectivity index (χ2n) is 8.76. The van der Waals surface area contributed by atoms with Gasteiger partial charge in [0.05, 0.1) is 22.4 Å². The first-order valence-corrected chi connectivity index (χ1v) is 13.9. The van der Waals surface area contributed by atoms with Crippen molar-refractivity contribution in [1.29, 1.82) is 0 Å². The number of carbonyl (C=O) groups excluding carboxylic acids is 1. The number of nitrogens with zero attached hydrogens (tertiary/aromatic N) is 1. The zero-order valence-corrected chi connectivity index (χ0v) is 23.5. The molecule has 0 unspecified atom stereocenters. The van der Waals surface area contributed by atoms with Crippen LogP contribution in [0.4, 0.5) is 0 Å². The van der Waals surface area contributed by atoms with Gasteiger partial charge in [-0.05, 0) is 56.4 Å². The molecule has 1 aromatic carbocycles. The quantitative estimate of drug-likeness (QED) is 0.128. The number of fused-ring (bicyclic) bond motifs is 1. The highest BCUT2D eigenvalue weighted by molar-refractivity contribution is 7.95. The number of aromatic hydroxyl groups is 1. The Labute approximate surface area is 223 Å². The molecule has 204 valence electrons. The van der Waals surface area contributed by atoms with Crippen molar-refractivity contribution in [3.05, 3.63) is 74.1 Å². The molecule has 9 heteroatoms. The predicted octanol–water partition coefficient (Wildman–Crippen LogP) is 4.24.